The molecule has 0 bridgehead atoms. The first kappa shape index (κ1) is 14.1. The monoisotopic (exact) mass is 264 g/mol. The fourth-order valence-electron chi connectivity index (χ4n) is 1.82. The lowest BCUT2D eigenvalue weighted by Gasteiger charge is -2.10. The molecule has 1 heterocycles. The van der Waals surface area contributed by atoms with Crippen molar-refractivity contribution in [3.63, 3.8) is 0 Å². The van der Waals surface area contributed by atoms with Crippen LogP contribution in [0.5, 0.6) is 0 Å². The largest absolute Gasteiger partial charge is 0.380 e. The van der Waals surface area contributed by atoms with Crippen molar-refractivity contribution in [2.75, 3.05) is 36.9 Å². The maximum Gasteiger partial charge on any atom is 0.136 e. The lowest BCUT2D eigenvalue weighted by Crippen LogP contribution is -2.12. The van der Waals surface area contributed by atoms with Crippen LogP contribution >= 0.6 is 0 Å². The van der Waals surface area contributed by atoms with E-state index in [4.69, 9.17) is 4.74 Å². The lowest BCUT2D eigenvalue weighted by molar-refractivity contribution is 0.158. The molecule has 0 saturated heterocycles. The first-order valence-corrected chi connectivity index (χ1v) is 7.28. The van der Waals surface area contributed by atoms with E-state index in [9.17, 15) is 0 Å². The van der Waals surface area contributed by atoms with Crippen molar-refractivity contribution in [3.8, 4) is 0 Å². The number of hydrogen-bond acceptors (Lipinski definition) is 5. The molecule has 19 heavy (non-hydrogen) atoms. The summed E-state index contributed by atoms with van der Waals surface area (Å²) in [5, 5.41) is 6.64. The van der Waals surface area contributed by atoms with E-state index in [-0.39, 0.29) is 0 Å². The zero-order valence-corrected chi connectivity index (χ0v) is 11.9. The van der Waals surface area contributed by atoms with E-state index in [0.717, 1.165) is 43.6 Å². The number of nitrogens with zero attached hydrogens (tertiary/aromatic N) is 2. The van der Waals surface area contributed by atoms with E-state index in [1.165, 1.54) is 12.8 Å². The Bertz CT molecular complexity index is 393. The van der Waals surface area contributed by atoms with Gasteiger partial charge in [-0.1, -0.05) is 6.92 Å². The highest BCUT2D eigenvalue weighted by Crippen LogP contribution is 2.38. The minimum absolute atomic E-state index is 0.566. The van der Waals surface area contributed by atoms with Crippen LogP contribution < -0.4 is 10.6 Å². The maximum atomic E-state index is 5.32. The van der Waals surface area contributed by atoms with Gasteiger partial charge in [0.05, 0.1) is 6.61 Å². The molecule has 5 heteroatoms. The fourth-order valence-corrected chi connectivity index (χ4v) is 1.82. The second-order valence-electron chi connectivity index (χ2n) is 4.82. The van der Waals surface area contributed by atoms with Gasteiger partial charge in [0.2, 0.25) is 0 Å². The molecule has 1 aliphatic carbocycles. The molecule has 0 unspecified atom stereocenters. The summed E-state index contributed by atoms with van der Waals surface area (Å²) >= 11 is 0. The Morgan fingerprint density at radius 3 is 2.42 bits per heavy atom. The highest BCUT2D eigenvalue weighted by Gasteiger charge is 2.27. The molecule has 2 N–H and O–H groups in total. The quantitative estimate of drug-likeness (QED) is 0.671. The van der Waals surface area contributed by atoms with Crippen LogP contribution in [0.15, 0.2) is 6.07 Å². The van der Waals surface area contributed by atoms with Gasteiger partial charge in [-0.05, 0) is 26.2 Å². The summed E-state index contributed by atoms with van der Waals surface area (Å²) in [5.74, 6) is 3.36. The van der Waals surface area contributed by atoms with Gasteiger partial charge in [0.25, 0.3) is 0 Å². The molecular formula is C14H24N4O. The highest BCUT2D eigenvalue weighted by molar-refractivity contribution is 5.48. The molecule has 1 aromatic rings. The average molecular weight is 264 g/mol. The summed E-state index contributed by atoms with van der Waals surface area (Å²) in [7, 11) is 0. The van der Waals surface area contributed by atoms with Crippen LogP contribution in [-0.2, 0) is 4.74 Å². The predicted molar refractivity (Wildman–Crippen MR) is 77.8 cm³/mol. The van der Waals surface area contributed by atoms with E-state index in [1.807, 2.05) is 13.0 Å². The molecule has 5 nitrogen and oxygen atoms in total. The molecule has 0 amide bonds. The van der Waals surface area contributed by atoms with Crippen molar-refractivity contribution in [2.45, 2.75) is 39.0 Å². The van der Waals surface area contributed by atoms with Gasteiger partial charge in [0.15, 0.2) is 0 Å². The summed E-state index contributed by atoms with van der Waals surface area (Å²) in [6, 6.07) is 1.98. The minimum atomic E-state index is 0.566. The Morgan fingerprint density at radius 1 is 1.16 bits per heavy atom. The number of ether oxygens (including phenoxy) is 1. The van der Waals surface area contributed by atoms with Gasteiger partial charge in [0.1, 0.15) is 17.5 Å². The third-order valence-corrected chi connectivity index (χ3v) is 3.00. The smallest absolute Gasteiger partial charge is 0.136 e. The Kier molecular flexibility index (Phi) is 5.39. The first-order valence-electron chi connectivity index (χ1n) is 7.28. The number of aromatic nitrogens is 2. The minimum Gasteiger partial charge on any atom is -0.380 e. The van der Waals surface area contributed by atoms with Crippen molar-refractivity contribution in [2.24, 2.45) is 0 Å². The van der Waals surface area contributed by atoms with E-state index in [0.29, 0.717) is 12.5 Å². The summed E-state index contributed by atoms with van der Waals surface area (Å²) in [6.07, 6.45) is 3.53. The van der Waals surface area contributed by atoms with Crippen LogP contribution in [0, 0.1) is 0 Å². The standard InChI is InChI=1S/C14H24N4O/c1-3-7-15-12-10-13(16-8-9-19-4-2)18-14(17-12)11-5-6-11/h10-11H,3-9H2,1-2H3,(H2,15,16,17,18). The van der Waals surface area contributed by atoms with Crippen LogP contribution in [0.3, 0.4) is 0 Å². The molecule has 1 fully saturated rings. The second-order valence-corrected chi connectivity index (χ2v) is 4.82. The summed E-state index contributed by atoms with van der Waals surface area (Å²) < 4.78 is 5.32. The molecular weight excluding hydrogens is 240 g/mol. The SMILES string of the molecule is CCCNc1cc(NCCOCC)nc(C2CC2)n1. The zero-order valence-electron chi connectivity index (χ0n) is 11.9. The molecule has 0 spiro atoms. The Hall–Kier alpha value is -1.36. The van der Waals surface area contributed by atoms with Crippen LogP contribution in [-0.4, -0.2) is 36.3 Å². The van der Waals surface area contributed by atoms with Crippen LogP contribution in [0.1, 0.15) is 44.9 Å². The normalized spacial score (nSPS) is 14.4. The maximum absolute atomic E-state index is 5.32. The van der Waals surface area contributed by atoms with Crippen LogP contribution in [0.4, 0.5) is 11.6 Å². The third-order valence-electron chi connectivity index (χ3n) is 3.00. The van der Waals surface area contributed by atoms with E-state index in [2.05, 4.69) is 27.5 Å². The molecule has 2 rings (SSSR count). The Morgan fingerprint density at radius 2 is 1.84 bits per heavy atom. The van der Waals surface area contributed by atoms with Crippen molar-refractivity contribution >= 4 is 11.6 Å². The molecule has 0 atom stereocenters. The van der Waals surface area contributed by atoms with E-state index in [1.54, 1.807) is 0 Å². The van der Waals surface area contributed by atoms with Crippen LogP contribution in [0.25, 0.3) is 0 Å². The lowest BCUT2D eigenvalue weighted by atomic mass is 10.3. The van der Waals surface area contributed by atoms with Gasteiger partial charge in [-0.15, -0.1) is 0 Å². The molecule has 0 radical (unpaired) electrons. The van der Waals surface area contributed by atoms with Gasteiger partial charge in [-0.25, -0.2) is 9.97 Å². The van der Waals surface area contributed by atoms with Gasteiger partial charge < -0.3 is 15.4 Å². The first-order chi connectivity index (χ1) is 9.33. The molecule has 0 aromatic carbocycles. The van der Waals surface area contributed by atoms with Gasteiger partial charge in [0, 0.05) is 31.7 Å². The molecule has 0 aliphatic heterocycles. The van der Waals surface area contributed by atoms with Crippen molar-refractivity contribution < 1.29 is 4.74 Å². The number of anilines is 2. The fraction of sp³-hybridized carbons (Fsp3) is 0.714. The summed E-state index contributed by atoms with van der Waals surface area (Å²) in [4.78, 5) is 9.17. The number of rotatable bonds is 9. The van der Waals surface area contributed by atoms with Crippen molar-refractivity contribution in [3.05, 3.63) is 11.9 Å². The predicted octanol–water partition coefficient (Wildman–Crippen LogP) is 2.62. The summed E-state index contributed by atoms with van der Waals surface area (Å²) in [6.45, 7) is 7.33. The zero-order chi connectivity index (χ0) is 13.5. The van der Waals surface area contributed by atoms with Crippen molar-refractivity contribution in [1.29, 1.82) is 0 Å². The molecule has 1 saturated carbocycles. The highest BCUT2D eigenvalue weighted by atomic mass is 16.5. The third kappa shape index (κ3) is 4.67. The van der Waals surface area contributed by atoms with E-state index >= 15 is 0 Å². The summed E-state index contributed by atoms with van der Waals surface area (Å²) in [5.41, 5.74) is 0. The van der Waals surface area contributed by atoms with E-state index < -0.39 is 0 Å². The topological polar surface area (TPSA) is 59.1 Å². The average Bonchev–Trinajstić information content (AvgIpc) is 3.26. The van der Waals surface area contributed by atoms with Crippen LogP contribution in [0.2, 0.25) is 0 Å². The molecule has 1 aliphatic rings. The van der Waals surface area contributed by atoms with Crippen molar-refractivity contribution in [1.82, 2.24) is 9.97 Å². The van der Waals surface area contributed by atoms with Gasteiger partial charge in [-0.2, -0.15) is 0 Å². The molecule has 106 valence electrons. The Labute approximate surface area is 115 Å². The molecule has 1 aromatic heterocycles. The van der Waals surface area contributed by atoms with Gasteiger partial charge in [-0.3, -0.25) is 0 Å². The van der Waals surface area contributed by atoms with Gasteiger partial charge >= 0.3 is 0 Å². The number of nitrogens with one attached hydrogen (secondary N) is 2. The second kappa shape index (κ2) is 7.28. The number of hydrogen-bond donors (Lipinski definition) is 2. The Balaban J connectivity index is 1.97.